The lowest BCUT2D eigenvalue weighted by Gasteiger charge is -2.34. The first-order valence-corrected chi connectivity index (χ1v) is 7.86. The number of nitrogens with zero attached hydrogens (tertiary/aromatic N) is 1. The van der Waals surface area contributed by atoms with Gasteiger partial charge in [-0.1, -0.05) is 19.9 Å². The van der Waals surface area contributed by atoms with Crippen molar-refractivity contribution >= 4 is 5.91 Å². The molecular formula is C17H26N2O3. The lowest BCUT2D eigenvalue weighted by atomic mass is 10.0. The molecule has 5 heteroatoms. The van der Waals surface area contributed by atoms with E-state index in [4.69, 9.17) is 15.2 Å². The van der Waals surface area contributed by atoms with Gasteiger partial charge in [0, 0.05) is 25.2 Å². The van der Waals surface area contributed by atoms with Gasteiger partial charge >= 0.3 is 0 Å². The summed E-state index contributed by atoms with van der Waals surface area (Å²) < 4.78 is 11.2. The lowest BCUT2D eigenvalue weighted by Crippen LogP contribution is -2.49. The molecule has 0 aliphatic carbocycles. The van der Waals surface area contributed by atoms with Crippen molar-refractivity contribution in [3.8, 4) is 11.5 Å². The summed E-state index contributed by atoms with van der Waals surface area (Å²) in [6.45, 7) is 5.42. The van der Waals surface area contributed by atoms with Crippen LogP contribution in [-0.2, 0) is 4.79 Å². The molecule has 1 aromatic carbocycles. The molecule has 1 amide bonds. The Bertz CT molecular complexity index is 496. The highest BCUT2D eigenvalue weighted by Gasteiger charge is 2.31. The molecule has 1 aliphatic rings. The number of amides is 1. The second-order valence-corrected chi connectivity index (χ2v) is 6.12. The zero-order chi connectivity index (χ0) is 16.1. The number of likely N-dealkylation sites (tertiary alicyclic amines) is 1. The molecule has 0 aromatic heterocycles. The van der Waals surface area contributed by atoms with E-state index < -0.39 is 6.10 Å². The first kappa shape index (κ1) is 16.6. The van der Waals surface area contributed by atoms with Gasteiger partial charge in [0.2, 0.25) is 0 Å². The van der Waals surface area contributed by atoms with Crippen LogP contribution < -0.4 is 15.2 Å². The summed E-state index contributed by atoms with van der Waals surface area (Å²) in [7, 11) is 1.61. The number of hydrogen-bond donors (Lipinski definition) is 1. The maximum absolute atomic E-state index is 12.7. The zero-order valence-electron chi connectivity index (χ0n) is 13.6. The van der Waals surface area contributed by atoms with Gasteiger partial charge in [-0.2, -0.15) is 0 Å². The van der Waals surface area contributed by atoms with Crippen molar-refractivity contribution in [3.05, 3.63) is 24.3 Å². The summed E-state index contributed by atoms with van der Waals surface area (Å²) in [6, 6.07) is 7.56. The van der Waals surface area contributed by atoms with Crippen LogP contribution in [0.2, 0.25) is 0 Å². The highest BCUT2D eigenvalue weighted by atomic mass is 16.5. The summed E-state index contributed by atoms with van der Waals surface area (Å²) in [4.78, 5) is 14.6. The van der Waals surface area contributed by atoms with Gasteiger partial charge in [0.15, 0.2) is 6.10 Å². The van der Waals surface area contributed by atoms with Crippen LogP contribution in [0.4, 0.5) is 0 Å². The summed E-state index contributed by atoms with van der Waals surface area (Å²) in [6.07, 6.45) is 1.23. The van der Waals surface area contributed by atoms with Crippen molar-refractivity contribution in [2.45, 2.75) is 38.8 Å². The van der Waals surface area contributed by atoms with Gasteiger partial charge in [0.05, 0.1) is 7.11 Å². The quantitative estimate of drug-likeness (QED) is 0.904. The Morgan fingerprint density at radius 1 is 1.27 bits per heavy atom. The van der Waals surface area contributed by atoms with Crippen LogP contribution in [0.25, 0.3) is 0 Å². The molecule has 1 saturated heterocycles. The number of carbonyl (C=O) groups is 1. The van der Waals surface area contributed by atoms with Gasteiger partial charge in [-0.15, -0.1) is 0 Å². The van der Waals surface area contributed by atoms with Gasteiger partial charge in [0.1, 0.15) is 11.5 Å². The van der Waals surface area contributed by atoms with E-state index >= 15 is 0 Å². The van der Waals surface area contributed by atoms with Crippen molar-refractivity contribution in [2.75, 3.05) is 20.2 Å². The SMILES string of the molecule is COc1cccc(OC(C(=O)N2CCC(N)CC2)C(C)C)c1. The fourth-order valence-electron chi connectivity index (χ4n) is 2.59. The summed E-state index contributed by atoms with van der Waals surface area (Å²) in [5, 5.41) is 0. The van der Waals surface area contributed by atoms with E-state index in [1.165, 1.54) is 0 Å². The van der Waals surface area contributed by atoms with Gasteiger partial charge in [0.25, 0.3) is 5.91 Å². The molecule has 1 fully saturated rings. The standard InChI is InChI=1S/C17H26N2O3/c1-12(2)16(17(20)19-9-7-13(18)8-10-19)22-15-6-4-5-14(11-15)21-3/h4-6,11-13,16H,7-10,18H2,1-3H3. The van der Waals surface area contributed by atoms with Gasteiger partial charge in [-0.05, 0) is 30.9 Å². The number of methoxy groups -OCH3 is 1. The second kappa shape index (κ2) is 7.49. The number of hydrogen-bond acceptors (Lipinski definition) is 4. The van der Waals surface area contributed by atoms with E-state index in [1.807, 2.05) is 36.9 Å². The first-order chi connectivity index (χ1) is 10.5. The monoisotopic (exact) mass is 306 g/mol. The first-order valence-electron chi connectivity index (χ1n) is 7.86. The molecule has 5 nitrogen and oxygen atoms in total. The molecule has 0 saturated carbocycles. The maximum Gasteiger partial charge on any atom is 0.263 e. The van der Waals surface area contributed by atoms with Gasteiger partial charge < -0.3 is 20.1 Å². The molecule has 1 aromatic rings. The van der Waals surface area contributed by atoms with Crippen LogP contribution in [0.15, 0.2) is 24.3 Å². The number of nitrogens with two attached hydrogens (primary N) is 1. The minimum absolute atomic E-state index is 0.0460. The highest BCUT2D eigenvalue weighted by molar-refractivity contribution is 5.81. The van der Waals surface area contributed by atoms with Gasteiger partial charge in [-0.3, -0.25) is 4.79 Å². The molecule has 0 spiro atoms. The van der Waals surface area contributed by atoms with E-state index in [-0.39, 0.29) is 17.9 Å². The third-order valence-electron chi connectivity index (χ3n) is 4.00. The third kappa shape index (κ3) is 4.13. The fraction of sp³-hybridized carbons (Fsp3) is 0.588. The van der Waals surface area contributed by atoms with Crippen LogP contribution in [0.5, 0.6) is 11.5 Å². The highest BCUT2D eigenvalue weighted by Crippen LogP contribution is 2.23. The molecule has 1 aliphatic heterocycles. The number of ether oxygens (including phenoxy) is 2. The van der Waals surface area contributed by atoms with E-state index in [0.29, 0.717) is 18.8 Å². The van der Waals surface area contributed by atoms with Crippen molar-refractivity contribution in [1.29, 1.82) is 0 Å². The lowest BCUT2D eigenvalue weighted by molar-refractivity contribution is -0.141. The van der Waals surface area contributed by atoms with E-state index in [1.54, 1.807) is 13.2 Å². The Kier molecular flexibility index (Phi) is 5.66. The Labute approximate surface area is 132 Å². The van der Waals surface area contributed by atoms with Crippen LogP contribution in [0.1, 0.15) is 26.7 Å². The summed E-state index contributed by atoms with van der Waals surface area (Å²) >= 11 is 0. The molecular weight excluding hydrogens is 280 g/mol. The van der Waals surface area contributed by atoms with E-state index in [9.17, 15) is 4.79 Å². The van der Waals surface area contributed by atoms with Crippen molar-refractivity contribution in [1.82, 2.24) is 4.90 Å². The minimum atomic E-state index is -0.485. The average Bonchev–Trinajstić information content (AvgIpc) is 2.52. The predicted molar refractivity (Wildman–Crippen MR) is 86.0 cm³/mol. The van der Waals surface area contributed by atoms with E-state index in [2.05, 4.69) is 0 Å². The number of carbonyl (C=O) groups excluding carboxylic acids is 1. The summed E-state index contributed by atoms with van der Waals surface area (Å²) in [5.41, 5.74) is 5.91. The smallest absolute Gasteiger partial charge is 0.263 e. The van der Waals surface area contributed by atoms with E-state index in [0.717, 1.165) is 18.6 Å². The molecule has 22 heavy (non-hydrogen) atoms. The van der Waals surface area contributed by atoms with Gasteiger partial charge in [-0.25, -0.2) is 0 Å². The average molecular weight is 306 g/mol. The van der Waals surface area contributed by atoms with Crippen molar-refractivity contribution < 1.29 is 14.3 Å². The molecule has 1 atom stereocenters. The van der Waals surface area contributed by atoms with Crippen molar-refractivity contribution in [2.24, 2.45) is 11.7 Å². The number of benzene rings is 1. The second-order valence-electron chi connectivity index (χ2n) is 6.12. The molecule has 1 unspecified atom stereocenters. The van der Waals surface area contributed by atoms with Crippen LogP contribution in [-0.4, -0.2) is 43.2 Å². The summed E-state index contributed by atoms with van der Waals surface area (Å²) in [5.74, 6) is 1.51. The molecule has 1 heterocycles. The maximum atomic E-state index is 12.7. The minimum Gasteiger partial charge on any atom is -0.497 e. The normalized spacial score (nSPS) is 17.4. The zero-order valence-corrected chi connectivity index (χ0v) is 13.6. The molecule has 0 radical (unpaired) electrons. The number of piperidine rings is 1. The Balaban J connectivity index is 2.07. The molecule has 2 N–H and O–H groups in total. The fourth-order valence-corrected chi connectivity index (χ4v) is 2.59. The Morgan fingerprint density at radius 2 is 1.91 bits per heavy atom. The van der Waals surface area contributed by atoms with Crippen LogP contribution >= 0.6 is 0 Å². The third-order valence-corrected chi connectivity index (χ3v) is 4.00. The molecule has 122 valence electrons. The predicted octanol–water partition coefficient (Wildman–Crippen LogP) is 2.05. The molecule has 2 rings (SSSR count). The Morgan fingerprint density at radius 3 is 2.50 bits per heavy atom. The van der Waals surface area contributed by atoms with Crippen LogP contribution in [0.3, 0.4) is 0 Å². The van der Waals surface area contributed by atoms with Crippen LogP contribution in [0, 0.1) is 5.92 Å². The molecule has 0 bridgehead atoms. The largest absolute Gasteiger partial charge is 0.497 e. The topological polar surface area (TPSA) is 64.8 Å². The number of rotatable bonds is 5. The Hall–Kier alpha value is -1.75. The van der Waals surface area contributed by atoms with Crippen molar-refractivity contribution in [3.63, 3.8) is 0 Å².